The van der Waals surface area contributed by atoms with Gasteiger partial charge in [-0.25, -0.2) is 0 Å². The van der Waals surface area contributed by atoms with Crippen LogP contribution in [-0.4, -0.2) is 34.8 Å². The SMILES string of the molecule is CC(NC1CC(=O)N(C2CC2)C1=O)C1CC1. The smallest absolute Gasteiger partial charge is 0.247 e. The molecule has 0 aromatic heterocycles. The molecule has 0 radical (unpaired) electrons. The van der Waals surface area contributed by atoms with Crippen LogP contribution in [0.4, 0.5) is 0 Å². The Morgan fingerprint density at radius 3 is 2.50 bits per heavy atom. The Bertz CT molecular complexity index is 334. The molecule has 0 bridgehead atoms. The van der Waals surface area contributed by atoms with Crippen molar-refractivity contribution in [1.82, 2.24) is 10.2 Å². The molecule has 0 aromatic carbocycles. The van der Waals surface area contributed by atoms with Crippen LogP contribution in [0.25, 0.3) is 0 Å². The Morgan fingerprint density at radius 1 is 1.25 bits per heavy atom. The minimum atomic E-state index is -0.247. The zero-order valence-electron chi connectivity index (χ0n) is 9.61. The van der Waals surface area contributed by atoms with E-state index in [1.807, 2.05) is 0 Å². The van der Waals surface area contributed by atoms with Gasteiger partial charge in [0.05, 0.1) is 12.5 Å². The summed E-state index contributed by atoms with van der Waals surface area (Å²) in [4.78, 5) is 25.2. The van der Waals surface area contributed by atoms with Crippen molar-refractivity contribution in [3.8, 4) is 0 Å². The predicted octanol–water partition coefficient (Wildman–Crippen LogP) is 0.664. The molecule has 88 valence electrons. The first-order valence-corrected chi connectivity index (χ1v) is 6.29. The van der Waals surface area contributed by atoms with E-state index in [9.17, 15) is 9.59 Å². The molecule has 2 aliphatic carbocycles. The van der Waals surface area contributed by atoms with Crippen molar-refractivity contribution < 1.29 is 9.59 Å². The molecule has 2 unspecified atom stereocenters. The minimum Gasteiger partial charge on any atom is -0.303 e. The summed E-state index contributed by atoms with van der Waals surface area (Å²) in [5.41, 5.74) is 0. The van der Waals surface area contributed by atoms with Gasteiger partial charge in [0.15, 0.2) is 0 Å². The predicted molar refractivity (Wildman–Crippen MR) is 58.6 cm³/mol. The van der Waals surface area contributed by atoms with Crippen molar-refractivity contribution in [1.29, 1.82) is 0 Å². The number of imide groups is 1. The minimum absolute atomic E-state index is 0.0139. The van der Waals surface area contributed by atoms with Crippen LogP contribution in [0.2, 0.25) is 0 Å². The number of hydrogen-bond donors (Lipinski definition) is 1. The summed E-state index contributed by atoms with van der Waals surface area (Å²) in [7, 11) is 0. The van der Waals surface area contributed by atoms with Gasteiger partial charge in [-0.3, -0.25) is 14.5 Å². The van der Waals surface area contributed by atoms with Gasteiger partial charge >= 0.3 is 0 Å². The summed E-state index contributed by atoms with van der Waals surface area (Å²) < 4.78 is 0. The summed E-state index contributed by atoms with van der Waals surface area (Å²) in [6, 6.07) is 0.354. The van der Waals surface area contributed by atoms with Crippen LogP contribution in [0.5, 0.6) is 0 Å². The molecule has 2 amide bonds. The Balaban J connectivity index is 1.63. The molecule has 1 saturated heterocycles. The van der Waals surface area contributed by atoms with E-state index in [-0.39, 0.29) is 23.9 Å². The molecule has 3 aliphatic rings. The van der Waals surface area contributed by atoms with Gasteiger partial charge in [0.25, 0.3) is 0 Å². The Kier molecular flexibility index (Phi) is 2.28. The summed E-state index contributed by atoms with van der Waals surface area (Å²) in [5.74, 6) is 0.755. The van der Waals surface area contributed by atoms with E-state index in [1.54, 1.807) is 0 Å². The van der Waals surface area contributed by atoms with Crippen LogP contribution >= 0.6 is 0 Å². The number of likely N-dealkylation sites (tertiary alicyclic amines) is 1. The molecule has 16 heavy (non-hydrogen) atoms. The van der Waals surface area contributed by atoms with Gasteiger partial charge in [-0.2, -0.15) is 0 Å². The standard InChI is InChI=1S/C12H18N2O2/c1-7(8-2-3-8)13-10-6-11(15)14(12(10)16)9-4-5-9/h7-10,13H,2-6H2,1H3. The lowest BCUT2D eigenvalue weighted by atomic mass is 10.1. The van der Waals surface area contributed by atoms with E-state index in [2.05, 4.69) is 12.2 Å². The van der Waals surface area contributed by atoms with Crippen LogP contribution in [-0.2, 0) is 9.59 Å². The van der Waals surface area contributed by atoms with Gasteiger partial charge in [-0.15, -0.1) is 0 Å². The number of amides is 2. The van der Waals surface area contributed by atoms with Crippen molar-refractivity contribution in [2.75, 3.05) is 0 Å². The quantitative estimate of drug-likeness (QED) is 0.711. The lowest BCUT2D eigenvalue weighted by Gasteiger charge is -2.18. The molecule has 1 heterocycles. The molecule has 3 fully saturated rings. The van der Waals surface area contributed by atoms with Crippen molar-refractivity contribution in [3.63, 3.8) is 0 Å². The fourth-order valence-corrected chi connectivity index (χ4v) is 2.55. The van der Waals surface area contributed by atoms with Gasteiger partial charge in [-0.05, 0) is 38.5 Å². The van der Waals surface area contributed by atoms with Crippen LogP contribution in [0.3, 0.4) is 0 Å². The first kappa shape index (κ1) is 10.3. The number of carbonyl (C=O) groups is 2. The third-order valence-electron chi connectivity index (χ3n) is 3.89. The zero-order chi connectivity index (χ0) is 11.3. The third-order valence-corrected chi connectivity index (χ3v) is 3.89. The molecule has 1 aliphatic heterocycles. The van der Waals surface area contributed by atoms with Gasteiger partial charge in [0.2, 0.25) is 11.8 Å². The molecule has 3 rings (SSSR count). The van der Waals surface area contributed by atoms with Crippen LogP contribution in [0, 0.1) is 5.92 Å². The summed E-state index contributed by atoms with van der Waals surface area (Å²) in [5, 5.41) is 3.32. The van der Waals surface area contributed by atoms with Crippen molar-refractivity contribution in [2.24, 2.45) is 5.92 Å². The highest BCUT2D eigenvalue weighted by Crippen LogP contribution is 2.34. The number of carbonyl (C=O) groups excluding carboxylic acids is 2. The van der Waals surface area contributed by atoms with E-state index < -0.39 is 0 Å². The molecule has 0 aromatic rings. The molecule has 1 N–H and O–H groups in total. The molecule has 2 atom stereocenters. The number of rotatable bonds is 4. The topological polar surface area (TPSA) is 49.4 Å². The lowest BCUT2D eigenvalue weighted by Crippen LogP contribution is -2.44. The second-order valence-electron chi connectivity index (χ2n) is 5.38. The second kappa shape index (κ2) is 3.55. The highest BCUT2D eigenvalue weighted by Gasteiger charge is 2.46. The maximum Gasteiger partial charge on any atom is 0.247 e. The summed E-state index contributed by atoms with van der Waals surface area (Å²) in [6.45, 7) is 2.12. The Hall–Kier alpha value is -0.900. The molecular formula is C12H18N2O2. The van der Waals surface area contributed by atoms with Crippen LogP contribution in [0.1, 0.15) is 39.0 Å². The van der Waals surface area contributed by atoms with Gasteiger partial charge < -0.3 is 5.32 Å². The maximum absolute atomic E-state index is 12.0. The number of nitrogens with zero attached hydrogens (tertiary/aromatic N) is 1. The number of nitrogens with one attached hydrogen (secondary N) is 1. The summed E-state index contributed by atoms with van der Waals surface area (Å²) >= 11 is 0. The van der Waals surface area contributed by atoms with Crippen molar-refractivity contribution in [3.05, 3.63) is 0 Å². The second-order valence-corrected chi connectivity index (χ2v) is 5.38. The van der Waals surface area contributed by atoms with E-state index in [0.717, 1.165) is 18.8 Å². The molecular weight excluding hydrogens is 204 g/mol. The number of hydrogen-bond acceptors (Lipinski definition) is 3. The largest absolute Gasteiger partial charge is 0.303 e. The van der Waals surface area contributed by atoms with Crippen molar-refractivity contribution >= 4 is 11.8 Å². The zero-order valence-corrected chi connectivity index (χ0v) is 9.61. The highest BCUT2D eigenvalue weighted by molar-refractivity contribution is 6.06. The first-order valence-electron chi connectivity index (χ1n) is 6.29. The lowest BCUT2D eigenvalue weighted by molar-refractivity contribution is -0.139. The Morgan fingerprint density at radius 2 is 1.94 bits per heavy atom. The molecule has 0 spiro atoms. The molecule has 2 saturated carbocycles. The maximum atomic E-state index is 12.0. The van der Waals surface area contributed by atoms with Crippen molar-refractivity contribution in [2.45, 2.75) is 57.2 Å². The molecule has 4 heteroatoms. The van der Waals surface area contributed by atoms with Gasteiger partial charge in [0.1, 0.15) is 0 Å². The van der Waals surface area contributed by atoms with E-state index in [4.69, 9.17) is 0 Å². The first-order chi connectivity index (χ1) is 7.66. The highest BCUT2D eigenvalue weighted by atomic mass is 16.2. The van der Waals surface area contributed by atoms with Crippen LogP contribution < -0.4 is 5.32 Å². The monoisotopic (exact) mass is 222 g/mol. The van der Waals surface area contributed by atoms with Gasteiger partial charge in [-0.1, -0.05) is 0 Å². The normalized spacial score (nSPS) is 32.3. The fraction of sp³-hybridized carbons (Fsp3) is 0.833. The molecule has 4 nitrogen and oxygen atoms in total. The van der Waals surface area contributed by atoms with E-state index in [0.29, 0.717) is 12.5 Å². The fourth-order valence-electron chi connectivity index (χ4n) is 2.55. The third kappa shape index (κ3) is 1.75. The van der Waals surface area contributed by atoms with E-state index >= 15 is 0 Å². The van der Waals surface area contributed by atoms with E-state index in [1.165, 1.54) is 17.7 Å². The average Bonchev–Trinajstić information content (AvgIpc) is 3.11. The van der Waals surface area contributed by atoms with Crippen LogP contribution in [0.15, 0.2) is 0 Å². The summed E-state index contributed by atoms with van der Waals surface area (Å²) in [6.07, 6.45) is 4.89. The Labute approximate surface area is 95.4 Å². The van der Waals surface area contributed by atoms with Gasteiger partial charge in [0, 0.05) is 12.1 Å². The average molecular weight is 222 g/mol.